The summed E-state index contributed by atoms with van der Waals surface area (Å²) in [6.07, 6.45) is 0. The third-order valence-corrected chi connectivity index (χ3v) is 5.78. The lowest BCUT2D eigenvalue weighted by molar-refractivity contribution is 0.0974. The molecule has 0 spiro atoms. The average molecular weight is 561 g/mol. The van der Waals surface area contributed by atoms with Gasteiger partial charge >= 0.3 is 0 Å². The molecule has 0 fully saturated rings. The molecule has 0 bridgehead atoms. The predicted octanol–water partition coefficient (Wildman–Crippen LogP) is 5.43. The van der Waals surface area contributed by atoms with Crippen LogP contribution in [0.15, 0.2) is 96.0 Å². The van der Waals surface area contributed by atoms with Crippen molar-refractivity contribution in [2.75, 3.05) is 26.6 Å². The SMILES string of the molecule is COc1cc(C(=O)NC(N)=Nc2cccc(NC(=O)c3ccc(-c4ccccc4)cc3)c2)cc(OC)c1OC.Cl. The first-order valence-corrected chi connectivity index (χ1v) is 11.9. The second kappa shape index (κ2) is 13.7. The third kappa shape index (κ3) is 7.09. The predicted molar refractivity (Wildman–Crippen MR) is 158 cm³/mol. The number of carbonyl (C=O) groups excluding carboxylic acids is 2. The Hall–Kier alpha value is -5.02. The molecule has 40 heavy (non-hydrogen) atoms. The summed E-state index contributed by atoms with van der Waals surface area (Å²) in [4.78, 5) is 29.8. The first-order valence-electron chi connectivity index (χ1n) is 11.9. The van der Waals surface area contributed by atoms with Gasteiger partial charge in [0.2, 0.25) is 11.7 Å². The lowest BCUT2D eigenvalue weighted by Crippen LogP contribution is -2.36. The van der Waals surface area contributed by atoms with Gasteiger partial charge in [-0.15, -0.1) is 12.4 Å². The van der Waals surface area contributed by atoms with E-state index in [2.05, 4.69) is 15.6 Å². The number of aliphatic imine (C=N–C) groups is 1. The van der Waals surface area contributed by atoms with Gasteiger partial charge < -0.3 is 25.3 Å². The Balaban J connectivity index is 0.00000441. The maximum absolute atomic E-state index is 12.8. The molecular weight excluding hydrogens is 532 g/mol. The Morgan fingerprint density at radius 3 is 1.93 bits per heavy atom. The minimum atomic E-state index is -0.515. The highest BCUT2D eigenvalue weighted by atomic mass is 35.5. The van der Waals surface area contributed by atoms with Crippen LogP contribution in [0.2, 0.25) is 0 Å². The number of nitrogens with zero attached hydrogens (tertiary/aromatic N) is 1. The number of hydrogen-bond acceptors (Lipinski definition) is 6. The Bertz CT molecular complexity index is 1480. The number of hydrogen-bond donors (Lipinski definition) is 3. The summed E-state index contributed by atoms with van der Waals surface area (Å²) in [7, 11) is 4.39. The maximum Gasteiger partial charge on any atom is 0.258 e. The lowest BCUT2D eigenvalue weighted by Gasteiger charge is -2.14. The number of methoxy groups -OCH3 is 3. The first-order chi connectivity index (χ1) is 18.9. The molecule has 0 saturated carbocycles. The highest BCUT2D eigenvalue weighted by Crippen LogP contribution is 2.38. The van der Waals surface area contributed by atoms with Crippen LogP contribution in [0.25, 0.3) is 11.1 Å². The van der Waals surface area contributed by atoms with Gasteiger partial charge in [0.05, 0.1) is 27.0 Å². The minimum Gasteiger partial charge on any atom is -0.493 e. The average Bonchev–Trinajstić information content (AvgIpc) is 2.96. The van der Waals surface area contributed by atoms with Crippen molar-refractivity contribution in [1.29, 1.82) is 0 Å². The standard InChI is InChI=1S/C30H28N4O5.ClH/c1-37-25-16-22(17-26(38-2)27(25)39-3)29(36)34-30(31)33-24-11-7-10-23(18-24)32-28(35)21-14-12-20(13-15-21)19-8-5-4-6-9-19;/h4-18H,1-3H3,(H,32,35)(H3,31,33,34,36);1H. The summed E-state index contributed by atoms with van der Waals surface area (Å²) in [5.41, 5.74) is 9.80. The summed E-state index contributed by atoms with van der Waals surface area (Å²) in [5.74, 6) is 0.113. The zero-order valence-corrected chi connectivity index (χ0v) is 23.0. The van der Waals surface area contributed by atoms with E-state index in [1.54, 1.807) is 36.4 Å². The normalized spacial score (nSPS) is 10.6. The van der Waals surface area contributed by atoms with E-state index in [0.29, 0.717) is 34.2 Å². The molecular formula is C30H29ClN4O5. The van der Waals surface area contributed by atoms with Crippen LogP contribution in [-0.2, 0) is 0 Å². The summed E-state index contributed by atoms with van der Waals surface area (Å²) < 4.78 is 15.9. The van der Waals surface area contributed by atoms with Crippen LogP contribution in [0.4, 0.5) is 11.4 Å². The Morgan fingerprint density at radius 2 is 1.32 bits per heavy atom. The summed E-state index contributed by atoms with van der Waals surface area (Å²) in [6, 6.07) is 27.1. The number of ether oxygens (including phenoxy) is 3. The molecule has 0 unspecified atom stereocenters. The second-order valence-electron chi connectivity index (χ2n) is 8.31. The maximum atomic E-state index is 12.8. The van der Waals surface area contributed by atoms with Crippen LogP contribution in [0.3, 0.4) is 0 Å². The first kappa shape index (κ1) is 29.5. The molecule has 10 heteroatoms. The number of benzene rings is 4. The minimum absolute atomic E-state index is 0. The summed E-state index contributed by atoms with van der Waals surface area (Å²) >= 11 is 0. The number of anilines is 1. The van der Waals surface area contributed by atoms with Gasteiger partial charge in [0.25, 0.3) is 11.8 Å². The van der Waals surface area contributed by atoms with Crippen molar-refractivity contribution < 1.29 is 23.8 Å². The van der Waals surface area contributed by atoms with Crippen LogP contribution in [-0.4, -0.2) is 39.1 Å². The fourth-order valence-electron chi connectivity index (χ4n) is 3.87. The van der Waals surface area contributed by atoms with Crippen molar-refractivity contribution >= 4 is 41.6 Å². The fraction of sp³-hybridized carbons (Fsp3) is 0.100. The van der Waals surface area contributed by atoms with Crippen LogP contribution in [0, 0.1) is 0 Å². The molecule has 4 aromatic carbocycles. The fourth-order valence-corrected chi connectivity index (χ4v) is 3.87. The van der Waals surface area contributed by atoms with Crippen molar-refractivity contribution in [1.82, 2.24) is 5.32 Å². The van der Waals surface area contributed by atoms with Crippen LogP contribution in [0.1, 0.15) is 20.7 Å². The van der Waals surface area contributed by atoms with E-state index in [4.69, 9.17) is 19.9 Å². The van der Waals surface area contributed by atoms with Crippen molar-refractivity contribution in [3.05, 3.63) is 102 Å². The third-order valence-electron chi connectivity index (χ3n) is 5.78. The monoisotopic (exact) mass is 560 g/mol. The van der Waals surface area contributed by atoms with Crippen molar-refractivity contribution in [2.24, 2.45) is 10.7 Å². The summed E-state index contributed by atoms with van der Waals surface area (Å²) in [6.45, 7) is 0. The number of nitrogens with one attached hydrogen (secondary N) is 2. The van der Waals surface area contributed by atoms with E-state index in [1.165, 1.54) is 33.5 Å². The molecule has 0 saturated heterocycles. The number of carbonyl (C=O) groups is 2. The molecule has 0 aromatic heterocycles. The molecule has 0 atom stereocenters. The number of halogens is 1. The van der Waals surface area contributed by atoms with E-state index in [0.717, 1.165) is 11.1 Å². The van der Waals surface area contributed by atoms with Gasteiger partial charge in [-0.05, 0) is 53.6 Å². The van der Waals surface area contributed by atoms with Crippen molar-refractivity contribution in [3.8, 4) is 28.4 Å². The van der Waals surface area contributed by atoms with Crippen LogP contribution in [0.5, 0.6) is 17.2 Å². The highest BCUT2D eigenvalue weighted by Gasteiger charge is 2.17. The molecule has 2 amide bonds. The van der Waals surface area contributed by atoms with Gasteiger partial charge in [0.1, 0.15) is 0 Å². The Morgan fingerprint density at radius 1 is 0.700 bits per heavy atom. The van der Waals surface area contributed by atoms with Crippen molar-refractivity contribution in [3.63, 3.8) is 0 Å². The number of nitrogens with two attached hydrogens (primary N) is 1. The van der Waals surface area contributed by atoms with Gasteiger partial charge in [0, 0.05) is 16.8 Å². The molecule has 9 nitrogen and oxygen atoms in total. The molecule has 0 heterocycles. The molecule has 0 aliphatic heterocycles. The molecule has 4 N–H and O–H groups in total. The van der Waals surface area contributed by atoms with Gasteiger partial charge in [-0.2, -0.15) is 0 Å². The van der Waals surface area contributed by atoms with Gasteiger partial charge in [-0.1, -0.05) is 48.5 Å². The van der Waals surface area contributed by atoms with Gasteiger partial charge in [-0.25, -0.2) is 4.99 Å². The molecule has 0 aliphatic rings. The lowest BCUT2D eigenvalue weighted by atomic mass is 10.0. The van der Waals surface area contributed by atoms with Gasteiger partial charge in [-0.3, -0.25) is 14.9 Å². The molecule has 206 valence electrons. The number of amides is 2. The molecule has 0 aliphatic carbocycles. The largest absolute Gasteiger partial charge is 0.493 e. The van der Waals surface area contributed by atoms with Crippen LogP contribution >= 0.6 is 12.4 Å². The second-order valence-corrected chi connectivity index (χ2v) is 8.31. The van der Waals surface area contributed by atoms with Crippen molar-refractivity contribution in [2.45, 2.75) is 0 Å². The van der Waals surface area contributed by atoms with E-state index in [1.807, 2.05) is 42.5 Å². The number of guanidine groups is 1. The van der Waals surface area contributed by atoms with E-state index < -0.39 is 5.91 Å². The molecule has 4 rings (SSSR count). The topological polar surface area (TPSA) is 124 Å². The van der Waals surface area contributed by atoms with Gasteiger partial charge in [0.15, 0.2) is 11.5 Å². The van der Waals surface area contributed by atoms with Crippen LogP contribution < -0.4 is 30.6 Å². The molecule has 0 radical (unpaired) electrons. The Labute approximate surface area is 238 Å². The highest BCUT2D eigenvalue weighted by molar-refractivity contribution is 6.07. The van der Waals surface area contributed by atoms with E-state index in [-0.39, 0.29) is 29.8 Å². The quantitative estimate of drug-likeness (QED) is 0.195. The van der Waals surface area contributed by atoms with E-state index >= 15 is 0 Å². The smallest absolute Gasteiger partial charge is 0.258 e. The summed E-state index contributed by atoms with van der Waals surface area (Å²) in [5, 5.41) is 5.40. The number of rotatable bonds is 8. The molecule has 4 aromatic rings. The van der Waals surface area contributed by atoms with E-state index in [9.17, 15) is 9.59 Å². The Kier molecular flexibility index (Phi) is 10.1. The zero-order chi connectivity index (χ0) is 27.8. The zero-order valence-electron chi connectivity index (χ0n) is 22.1.